The Kier molecular flexibility index (Phi) is 5.99. The van der Waals surface area contributed by atoms with E-state index in [0.717, 1.165) is 12.0 Å². The van der Waals surface area contributed by atoms with Crippen LogP contribution in [0, 0.1) is 0 Å². The lowest BCUT2D eigenvalue weighted by molar-refractivity contribution is 0.659. The van der Waals surface area contributed by atoms with Crippen molar-refractivity contribution in [3.8, 4) is 0 Å². The standard InChI is InChI=1S/C8H12ClN3.ClH/c9-8-6(2-1-5-12-8)7(11)3-4-10;/h1-2,5,7H,3-4,10-11H2;1H/t7-;/m0./s1. The highest BCUT2D eigenvalue weighted by molar-refractivity contribution is 6.30. The molecule has 1 aromatic heterocycles. The first kappa shape index (κ1) is 12.7. The number of hydrogen-bond acceptors (Lipinski definition) is 3. The summed E-state index contributed by atoms with van der Waals surface area (Å²) in [5.41, 5.74) is 12.0. The molecule has 0 radical (unpaired) electrons. The van der Waals surface area contributed by atoms with Gasteiger partial charge in [-0.3, -0.25) is 0 Å². The Hall–Kier alpha value is -0.350. The molecular formula is C8H13Cl2N3. The van der Waals surface area contributed by atoms with E-state index in [4.69, 9.17) is 23.1 Å². The highest BCUT2D eigenvalue weighted by Gasteiger charge is 2.08. The maximum absolute atomic E-state index is 5.82. The Labute approximate surface area is 88.9 Å². The smallest absolute Gasteiger partial charge is 0.133 e. The number of halogens is 2. The summed E-state index contributed by atoms with van der Waals surface area (Å²) in [4.78, 5) is 3.93. The molecule has 0 saturated heterocycles. The molecule has 0 aromatic carbocycles. The van der Waals surface area contributed by atoms with Crippen LogP contribution in [0.25, 0.3) is 0 Å². The van der Waals surface area contributed by atoms with Crippen LogP contribution in [-0.4, -0.2) is 11.5 Å². The van der Waals surface area contributed by atoms with E-state index in [1.54, 1.807) is 6.20 Å². The van der Waals surface area contributed by atoms with Gasteiger partial charge in [0.2, 0.25) is 0 Å². The predicted octanol–water partition coefficient (Wildman–Crippen LogP) is 1.51. The second-order valence-corrected chi connectivity index (χ2v) is 2.93. The van der Waals surface area contributed by atoms with Crippen molar-refractivity contribution in [2.24, 2.45) is 11.5 Å². The van der Waals surface area contributed by atoms with Crippen LogP contribution in [-0.2, 0) is 0 Å². The first-order valence-corrected chi connectivity index (χ1v) is 4.19. The monoisotopic (exact) mass is 221 g/mol. The summed E-state index contributed by atoms with van der Waals surface area (Å²) in [6, 6.07) is 3.59. The Morgan fingerprint density at radius 3 is 2.77 bits per heavy atom. The second-order valence-electron chi connectivity index (χ2n) is 2.57. The third kappa shape index (κ3) is 3.48. The van der Waals surface area contributed by atoms with Gasteiger partial charge in [-0.15, -0.1) is 12.4 Å². The zero-order valence-corrected chi connectivity index (χ0v) is 8.68. The molecule has 3 nitrogen and oxygen atoms in total. The fraction of sp³-hybridized carbons (Fsp3) is 0.375. The van der Waals surface area contributed by atoms with E-state index in [-0.39, 0.29) is 18.4 Å². The Balaban J connectivity index is 0.00000144. The number of pyridine rings is 1. The van der Waals surface area contributed by atoms with Gasteiger partial charge >= 0.3 is 0 Å². The Morgan fingerprint density at radius 2 is 2.23 bits per heavy atom. The highest BCUT2D eigenvalue weighted by Crippen LogP contribution is 2.19. The van der Waals surface area contributed by atoms with Crippen molar-refractivity contribution in [2.75, 3.05) is 6.54 Å². The van der Waals surface area contributed by atoms with E-state index in [0.29, 0.717) is 11.7 Å². The van der Waals surface area contributed by atoms with Crippen LogP contribution in [0.1, 0.15) is 18.0 Å². The van der Waals surface area contributed by atoms with Crippen molar-refractivity contribution in [3.63, 3.8) is 0 Å². The largest absolute Gasteiger partial charge is 0.330 e. The molecule has 1 heterocycles. The van der Waals surface area contributed by atoms with Crippen LogP contribution in [0.3, 0.4) is 0 Å². The van der Waals surface area contributed by atoms with Crippen molar-refractivity contribution in [3.05, 3.63) is 29.0 Å². The van der Waals surface area contributed by atoms with Gasteiger partial charge in [0.25, 0.3) is 0 Å². The summed E-state index contributed by atoms with van der Waals surface area (Å²) in [6.45, 7) is 0.562. The topological polar surface area (TPSA) is 64.9 Å². The summed E-state index contributed by atoms with van der Waals surface area (Å²) >= 11 is 5.82. The van der Waals surface area contributed by atoms with E-state index in [1.165, 1.54) is 0 Å². The van der Waals surface area contributed by atoms with Crippen molar-refractivity contribution < 1.29 is 0 Å². The number of rotatable bonds is 3. The van der Waals surface area contributed by atoms with Crippen molar-refractivity contribution in [2.45, 2.75) is 12.5 Å². The third-order valence-corrected chi connectivity index (χ3v) is 1.98. The Bertz CT molecular complexity index is 255. The number of aromatic nitrogens is 1. The maximum atomic E-state index is 5.82. The molecule has 13 heavy (non-hydrogen) atoms. The van der Waals surface area contributed by atoms with Gasteiger partial charge in [0.05, 0.1) is 0 Å². The molecule has 0 amide bonds. The molecule has 0 aliphatic rings. The van der Waals surface area contributed by atoms with Gasteiger partial charge in [-0.1, -0.05) is 17.7 Å². The van der Waals surface area contributed by atoms with Crippen LogP contribution in [0.4, 0.5) is 0 Å². The van der Waals surface area contributed by atoms with E-state index in [2.05, 4.69) is 4.98 Å². The SMILES string of the molecule is Cl.NCC[C@H](N)c1cccnc1Cl. The van der Waals surface area contributed by atoms with Gasteiger partial charge in [0, 0.05) is 17.8 Å². The zero-order chi connectivity index (χ0) is 8.97. The molecule has 4 N–H and O–H groups in total. The quantitative estimate of drug-likeness (QED) is 0.761. The van der Waals surface area contributed by atoms with Crippen LogP contribution in [0.5, 0.6) is 0 Å². The Morgan fingerprint density at radius 1 is 1.54 bits per heavy atom. The average molecular weight is 222 g/mol. The fourth-order valence-corrected chi connectivity index (χ4v) is 1.27. The molecule has 1 rings (SSSR count). The van der Waals surface area contributed by atoms with Crippen LogP contribution >= 0.6 is 24.0 Å². The van der Waals surface area contributed by atoms with Crippen LogP contribution < -0.4 is 11.5 Å². The van der Waals surface area contributed by atoms with Crippen molar-refractivity contribution in [1.29, 1.82) is 0 Å². The first-order valence-electron chi connectivity index (χ1n) is 3.81. The number of nitrogens with two attached hydrogens (primary N) is 2. The predicted molar refractivity (Wildman–Crippen MR) is 57.1 cm³/mol. The van der Waals surface area contributed by atoms with Crippen molar-refractivity contribution in [1.82, 2.24) is 4.98 Å². The first-order chi connectivity index (χ1) is 5.75. The van der Waals surface area contributed by atoms with Crippen molar-refractivity contribution >= 4 is 24.0 Å². The molecule has 0 bridgehead atoms. The fourth-order valence-electron chi connectivity index (χ4n) is 1.01. The second kappa shape index (κ2) is 6.16. The normalized spacial score (nSPS) is 11.9. The minimum atomic E-state index is -0.101. The summed E-state index contributed by atoms with van der Waals surface area (Å²) in [7, 11) is 0. The summed E-state index contributed by atoms with van der Waals surface area (Å²) in [5.74, 6) is 0. The van der Waals surface area contributed by atoms with Gasteiger partial charge < -0.3 is 11.5 Å². The van der Waals surface area contributed by atoms with Gasteiger partial charge in [-0.25, -0.2) is 4.98 Å². The summed E-state index contributed by atoms with van der Waals surface area (Å²) in [5, 5.41) is 0.471. The van der Waals surface area contributed by atoms with E-state index in [9.17, 15) is 0 Å². The molecule has 74 valence electrons. The molecule has 0 unspecified atom stereocenters. The maximum Gasteiger partial charge on any atom is 0.133 e. The van der Waals surface area contributed by atoms with Crippen LogP contribution in [0.15, 0.2) is 18.3 Å². The lowest BCUT2D eigenvalue weighted by atomic mass is 10.1. The lowest BCUT2D eigenvalue weighted by Gasteiger charge is -2.10. The zero-order valence-electron chi connectivity index (χ0n) is 7.11. The van der Waals surface area contributed by atoms with Gasteiger partial charge in [0.1, 0.15) is 5.15 Å². The van der Waals surface area contributed by atoms with Gasteiger partial charge in [0.15, 0.2) is 0 Å². The number of nitrogens with zero attached hydrogens (tertiary/aromatic N) is 1. The van der Waals surface area contributed by atoms with E-state index in [1.807, 2.05) is 12.1 Å². The highest BCUT2D eigenvalue weighted by atomic mass is 35.5. The van der Waals surface area contributed by atoms with Crippen LogP contribution in [0.2, 0.25) is 5.15 Å². The minimum Gasteiger partial charge on any atom is -0.330 e. The molecule has 0 aliphatic heterocycles. The van der Waals surface area contributed by atoms with Gasteiger partial charge in [-0.05, 0) is 19.0 Å². The molecule has 1 atom stereocenters. The number of hydrogen-bond donors (Lipinski definition) is 2. The summed E-state index contributed by atoms with van der Waals surface area (Å²) < 4.78 is 0. The molecule has 0 fully saturated rings. The molecule has 0 spiro atoms. The molecule has 0 aliphatic carbocycles. The molecule has 1 aromatic rings. The molecular weight excluding hydrogens is 209 g/mol. The van der Waals surface area contributed by atoms with Gasteiger partial charge in [-0.2, -0.15) is 0 Å². The lowest BCUT2D eigenvalue weighted by Crippen LogP contribution is -2.15. The van der Waals surface area contributed by atoms with E-state index < -0.39 is 0 Å². The third-order valence-electron chi connectivity index (χ3n) is 1.67. The molecule has 0 saturated carbocycles. The van der Waals surface area contributed by atoms with E-state index >= 15 is 0 Å². The minimum absolute atomic E-state index is 0. The summed E-state index contributed by atoms with van der Waals surface area (Å²) in [6.07, 6.45) is 2.37. The molecule has 5 heteroatoms. The average Bonchev–Trinajstić information content (AvgIpc) is 2.05.